The van der Waals surface area contributed by atoms with Crippen LogP contribution in [-0.4, -0.2) is 48.6 Å². The van der Waals surface area contributed by atoms with Gasteiger partial charge in [-0.05, 0) is 40.3 Å². The Balaban J connectivity index is 2.60. The third-order valence-electron chi connectivity index (χ3n) is 2.60. The van der Waals surface area contributed by atoms with Crippen LogP contribution in [0.2, 0.25) is 0 Å². The van der Waals surface area contributed by atoms with Crippen LogP contribution in [-0.2, 0) is 4.74 Å². The van der Waals surface area contributed by atoms with E-state index < -0.39 is 0 Å². The van der Waals surface area contributed by atoms with Gasteiger partial charge >= 0.3 is 0 Å². The van der Waals surface area contributed by atoms with E-state index >= 15 is 0 Å². The summed E-state index contributed by atoms with van der Waals surface area (Å²) in [6.07, 6.45) is 3.22. The summed E-state index contributed by atoms with van der Waals surface area (Å²) in [5, 5.41) is 0. The lowest BCUT2D eigenvalue weighted by Crippen LogP contribution is -2.45. The minimum atomic E-state index is -0.107. The van der Waals surface area contributed by atoms with Crippen LogP contribution in [0, 0.1) is 0 Å². The molecular weight excluding hydrogens is 200 g/mol. The molecule has 0 aromatic rings. The Morgan fingerprint density at radius 1 is 1.19 bits per heavy atom. The lowest BCUT2D eigenvalue weighted by Gasteiger charge is -2.37. The van der Waals surface area contributed by atoms with Gasteiger partial charge in [0.2, 0.25) is 0 Å². The minimum absolute atomic E-state index is 0.107. The first-order valence-electron chi connectivity index (χ1n) is 6.25. The number of piperazine rings is 1. The molecule has 0 aromatic carbocycles. The molecule has 0 atom stereocenters. The van der Waals surface area contributed by atoms with E-state index in [0.29, 0.717) is 0 Å². The Morgan fingerprint density at radius 3 is 2.19 bits per heavy atom. The number of hydrogen-bond donors (Lipinski definition) is 0. The fourth-order valence-corrected chi connectivity index (χ4v) is 1.75. The average Bonchev–Trinajstić information content (AvgIpc) is 2.16. The van der Waals surface area contributed by atoms with Gasteiger partial charge in [0, 0.05) is 26.2 Å². The molecule has 94 valence electrons. The Kier molecular flexibility index (Phi) is 4.66. The number of hydrogen-bond acceptors (Lipinski definition) is 3. The van der Waals surface area contributed by atoms with E-state index in [1.807, 2.05) is 0 Å². The summed E-state index contributed by atoms with van der Waals surface area (Å²) >= 11 is 0. The second kappa shape index (κ2) is 5.58. The maximum Gasteiger partial charge on any atom is 0.185 e. The lowest BCUT2D eigenvalue weighted by molar-refractivity contribution is -0.00947. The van der Waals surface area contributed by atoms with Crippen LogP contribution in [0.25, 0.3) is 0 Å². The first-order valence-corrected chi connectivity index (χ1v) is 6.25. The maximum atomic E-state index is 6.02. The second-order valence-corrected chi connectivity index (χ2v) is 5.46. The fraction of sp³-hybridized carbons (Fsp3) is 0.846. The minimum Gasteiger partial charge on any atom is -0.474 e. The smallest absolute Gasteiger partial charge is 0.185 e. The van der Waals surface area contributed by atoms with Crippen molar-refractivity contribution in [1.82, 2.24) is 9.80 Å². The monoisotopic (exact) mass is 226 g/mol. The Morgan fingerprint density at radius 2 is 1.75 bits per heavy atom. The van der Waals surface area contributed by atoms with Gasteiger partial charge in [0.1, 0.15) is 5.60 Å². The highest BCUT2D eigenvalue weighted by molar-refractivity contribution is 4.96. The predicted octanol–water partition coefficient (Wildman–Crippen LogP) is 2.30. The number of ether oxygens (including phenoxy) is 1. The van der Waals surface area contributed by atoms with Crippen LogP contribution in [0.5, 0.6) is 0 Å². The van der Waals surface area contributed by atoms with E-state index in [1.165, 1.54) is 0 Å². The van der Waals surface area contributed by atoms with Gasteiger partial charge in [-0.3, -0.25) is 0 Å². The Hall–Kier alpha value is -0.700. The van der Waals surface area contributed by atoms with Gasteiger partial charge < -0.3 is 14.5 Å². The van der Waals surface area contributed by atoms with E-state index in [2.05, 4.69) is 50.6 Å². The topological polar surface area (TPSA) is 15.7 Å². The van der Waals surface area contributed by atoms with Gasteiger partial charge in [0.15, 0.2) is 5.88 Å². The van der Waals surface area contributed by atoms with Crippen LogP contribution in [0.4, 0.5) is 0 Å². The summed E-state index contributed by atoms with van der Waals surface area (Å²) in [6, 6.07) is 0. The molecule has 0 aliphatic carbocycles. The van der Waals surface area contributed by atoms with Crippen LogP contribution in [0.15, 0.2) is 12.0 Å². The SMILES string of the molecule is CC/C=C(\OC(C)(C)C)N1CCN(C)CC1. The van der Waals surface area contributed by atoms with E-state index in [1.54, 1.807) is 0 Å². The summed E-state index contributed by atoms with van der Waals surface area (Å²) in [5.74, 6) is 1.06. The molecule has 0 unspecified atom stereocenters. The largest absolute Gasteiger partial charge is 0.474 e. The van der Waals surface area contributed by atoms with Crippen LogP contribution >= 0.6 is 0 Å². The van der Waals surface area contributed by atoms with Crippen molar-refractivity contribution < 1.29 is 4.74 Å². The summed E-state index contributed by atoms with van der Waals surface area (Å²) in [6.45, 7) is 12.8. The van der Waals surface area contributed by atoms with Crippen LogP contribution in [0.3, 0.4) is 0 Å². The van der Waals surface area contributed by atoms with Gasteiger partial charge in [0.25, 0.3) is 0 Å². The molecule has 0 spiro atoms. The maximum absolute atomic E-state index is 6.02. The normalized spacial score (nSPS) is 20.1. The molecule has 0 aromatic heterocycles. The molecule has 0 radical (unpaired) electrons. The quantitative estimate of drug-likeness (QED) is 0.687. The van der Waals surface area contributed by atoms with Crippen LogP contribution < -0.4 is 0 Å². The molecular formula is C13H26N2O. The molecule has 1 aliphatic heterocycles. The summed E-state index contributed by atoms with van der Waals surface area (Å²) in [7, 11) is 2.17. The summed E-state index contributed by atoms with van der Waals surface area (Å²) < 4.78 is 6.02. The molecule has 0 saturated carbocycles. The first kappa shape index (κ1) is 13.4. The molecule has 1 heterocycles. The third kappa shape index (κ3) is 4.44. The van der Waals surface area contributed by atoms with E-state index in [9.17, 15) is 0 Å². The highest BCUT2D eigenvalue weighted by Gasteiger charge is 2.21. The average molecular weight is 226 g/mol. The van der Waals surface area contributed by atoms with Crippen molar-refractivity contribution >= 4 is 0 Å². The van der Waals surface area contributed by atoms with Crippen molar-refractivity contribution in [2.45, 2.75) is 39.7 Å². The molecule has 1 saturated heterocycles. The van der Waals surface area contributed by atoms with E-state index in [4.69, 9.17) is 4.74 Å². The molecule has 0 bridgehead atoms. The fourth-order valence-electron chi connectivity index (χ4n) is 1.75. The number of nitrogens with zero attached hydrogens (tertiary/aromatic N) is 2. The number of rotatable bonds is 3. The Labute approximate surface area is 100 Å². The van der Waals surface area contributed by atoms with Crippen molar-refractivity contribution in [3.63, 3.8) is 0 Å². The number of allylic oxidation sites excluding steroid dienone is 1. The Bertz CT molecular complexity index is 235. The summed E-state index contributed by atoms with van der Waals surface area (Å²) in [5.41, 5.74) is -0.107. The molecule has 1 rings (SSSR count). The second-order valence-electron chi connectivity index (χ2n) is 5.46. The highest BCUT2D eigenvalue weighted by atomic mass is 16.5. The van der Waals surface area contributed by atoms with E-state index in [-0.39, 0.29) is 5.60 Å². The molecule has 16 heavy (non-hydrogen) atoms. The zero-order valence-corrected chi connectivity index (χ0v) is 11.4. The predicted molar refractivity (Wildman–Crippen MR) is 68.3 cm³/mol. The van der Waals surface area contributed by atoms with Gasteiger partial charge in [-0.2, -0.15) is 0 Å². The van der Waals surface area contributed by atoms with Crippen molar-refractivity contribution in [2.75, 3.05) is 33.2 Å². The third-order valence-corrected chi connectivity index (χ3v) is 2.60. The zero-order valence-electron chi connectivity index (χ0n) is 11.4. The van der Waals surface area contributed by atoms with Crippen molar-refractivity contribution in [2.24, 2.45) is 0 Å². The highest BCUT2D eigenvalue weighted by Crippen LogP contribution is 2.18. The lowest BCUT2D eigenvalue weighted by atomic mass is 10.2. The standard InChI is InChI=1S/C13H26N2O/c1-6-7-12(16-13(2,3)4)15-10-8-14(5)9-11-15/h7H,6,8-11H2,1-5H3/b12-7-. The molecule has 3 nitrogen and oxygen atoms in total. The molecule has 3 heteroatoms. The molecule has 0 N–H and O–H groups in total. The van der Waals surface area contributed by atoms with Crippen molar-refractivity contribution in [3.05, 3.63) is 12.0 Å². The van der Waals surface area contributed by atoms with Gasteiger partial charge in [-0.15, -0.1) is 0 Å². The van der Waals surface area contributed by atoms with E-state index in [0.717, 1.165) is 38.5 Å². The van der Waals surface area contributed by atoms with Crippen molar-refractivity contribution in [1.29, 1.82) is 0 Å². The molecule has 0 amide bonds. The number of likely N-dealkylation sites (N-methyl/N-ethyl adjacent to an activating group) is 1. The van der Waals surface area contributed by atoms with Crippen LogP contribution in [0.1, 0.15) is 34.1 Å². The zero-order chi connectivity index (χ0) is 12.2. The first-order chi connectivity index (χ1) is 7.42. The molecule has 1 fully saturated rings. The van der Waals surface area contributed by atoms with Gasteiger partial charge in [0.05, 0.1) is 0 Å². The summed E-state index contributed by atoms with van der Waals surface area (Å²) in [4.78, 5) is 4.71. The molecule has 1 aliphatic rings. The van der Waals surface area contributed by atoms with Crippen molar-refractivity contribution in [3.8, 4) is 0 Å². The van der Waals surface area contributed by atoms with Gasteiger partial charge in [-0.25, -0.2) is 0 Å². The van der Waals surface area contributed by atoms with Gasteiger partial charge in [-0.1, -0.05) is 6.92 Å².